The van der Waals surface area contributed by atoms with E-state index in [1.165, 1.54) is 0 Å². The monoisotopic (exact) mass is 428 g/mol. The van der Waals surface area contributed by atoms with Gasteiger partial charge < -0.3 is 15.2 Å². The van der Waals surface area contributed by atoms with Crippen LogP contribution in [0.2, 0.25) is 0 Å². The molecule has 0 bridgehead atoms. The van der Waals surface area contributed by atoms with Gasteiger partial charge in [-0.2, -0.15) is 5.10 Å². The molecule has 1 aromatic carbocycles. The van der Waals surface area contributed by atoms with Gasteiger partial charge in [0.25, 0.3) is 0 Å². The summed E-state index contributed by atoms with van der Waals surface area (Å²) in [6, 6.07) is 5.93. The van der Waals surface area contributed by atoms with E-state index in [0.29, 0.717) is 11.5 Å². The van der Waals surface area contributed by atoms with Crippen molar-refractivity contribution in [1.29, 1.82) is 0 Å². The Kier molecular flexibility index (Phi) is 6.46. The summed E-state index contributed by atoms with van der Waals surface area (Å²) >= 11 is 0. The van der Waals surface area contributed by atoms with Crippen LogP contribution in [0.25, 0.3) is 0 Å². The van der Waals surface area contributed by atoms with Crippen LogP contribution in [-0.2, 0) is 9.59 Å². The Morgan fingerprint density at radius 3 is 2.39 bits per heavy atom. The molecule has 0 spiro atoms. The van der Waals surface area contributed by atoms with Gasteiger partial charge in [0.05, 0.1) is 32.5 Å². The second-order valence-electron chi connectivity index (χ2n) is 8.71. The number of piperidine rings is 1. The van der Waals surface area contributed by atoms with Gasteiger partial charge in [-0.15, -0.1) is 0 Å². The lowest BCUT2D eigenvalue weighted by Crippen LogP contribution is -2.53. The highest BCUT2D eigenvalue weighted by Gasteiger charge is 2.43. The molecule has 1 saturated carbocycles. The summed E-state index contributed by atoms with van der Waals surface area (Å²) in [4.78, 5) is 26.7. The third-order valence-corrected chi connectivity index (χ3v) is 6.84. The summed E-state index contributed by atoms with van der Waals surface area (Å²) in [7, 11) is 3.25. The fourth-order valence-corrected chi connectivity index (χ4v) is 5.23. The topological polar surface area (TPSA) is 97.5 Å². The number of hydrogen-bond donors (Lipinski definition) is 1. The Morgan fingerprint density at radius 2 is 1.74 bits per heavy atom. The minimum atomic E-state index is -0.314. The van der Waals surface area contributed by atoms with Gasteiger partial charge in [0.15, 0.2) is 11.5 Å². The first-order chi connectivity index (χ1) is 15.0. The Bertz CT molecular complexity index is 863. The Hall–Kier alpha value is -2.61. The molecule has 2 amide bonds. The lowest BCUT2D eigenvalue weighted by atomic mass is 9.73. The number of carbonyl (C=O) groups is 2. The van der Waals surface area contributed by atoms with E-state index in [0.717, 1.165) is 62.9 Å². The molecule has 2 aliphatic heterocycles. The quantitative estimate of drug-likeness (QED) is 0.748. The lowest BCUT2D eigenvalue weighted by molar-refractivity contribution is -0.142. The molecule has 4 rings (SSSR count). The molecule has 2 heterocycles. The van der Waals surface area contributed by atoms with Gasteiger partial charge in [0.1, 0.15) is 0 Å². The first-order valence-electron chi connectivity index (χ1n) is 11.2. The summed E-state index contributed by atoms with van der Waals surface area (Å²) < 4.78 is 10.9. The Labute approximate surface area is 183 Å². The largest absolute Gasteiger partial charge is 0.493 e. The van der Waals surface area contributed by atoms with E-state index in [9.17, 15) is 9.59 Å². The number of carbonyl (C=O) groups excluding carboxylic acids is 2. The van der Waals surface area contributed by atoms with Crippen LogP contribution in [0.4, 0.5) is 0 Å². The zero-order valence-electron chi connectivity index (χ0n) is 18.4. The van der Waals surface area contributed by atoms with Crippen molar-refractivity contribution in [1.82, 2.24) is 9.91 Å². The van der Waals surface area contributed by atoms with Crippen molar-refractivity contribution in [3.63, 3.8) is 0 Å². The molecule has 8 nitrogen and oxygen atoms in total. The van der Waals surface area contributed by atoms with Crippen LogP contribution in [-0.4, -0.2) is 67.3 Å². The molecule has 2 atom stereocenters. The summed E-state index contributed by atoms with van der Waals surface area (Å²) in [5.41, 5.74) is 7.30. The molecule has 2 fully saturated rings. The van der Waals surface area contributed by atoms with E-state index in [-0.39, 0.29) is 36.2 Å². The van der Waals surface area contributed by atoms with Crippen LogP contribution in [0.1, 0.15) is 44.1 Å². The highest BCUT2D eigenvalue weighted by atomic mass is 16.5. The van der Waals surface area contributed by atoms with Crippen molar-refractivity contribution in [2.45, 2.75) is 44.6 Å². The van der Waals surface area contributed by atoms with Crippen LogP contribution in [0, 0.1) is 11.8 Å². The van der Waals surface area contributed by atoms with Crippen molar-refractivity contribution in [2.75, 3.05) is 33.9 Å². The fraction of sp³-hybridized carbons (Fsp3) is 0.609. The molecule has 0 aromatic heterocycles. The number of benzene rings is 1. The molecule has 31 heavy (non-hydrogen) atoms. The number of ether oxygens (including phenoxy) is 2. The Balaban J connectivity index is 1.63. The maximum atomic E-state index is 13.4. The first kappa shape index (κ1) is 21.6. The molecule has 1 saturated heterocycles. The van der Waals surface area contributed by atoms with Gasteiger partial charge in [-0.1, -0.05) is 12.8 Å². The zero-order valence-corrected chi connectivity index (χ0v) is 18.4. The highest BCUT2D eigenvalue weighted by Crippen LogP contribution is 2.40. The molecule has 3 aliphatic rings. The van der Waals surface area contributed by atoms with Gasteiger partial charge >= 0.3 is 0 Å². The van der Waals surface area contributed by atoms with Gasteiger partial charge in [-0.3, -0.25) is 14.5 Å². The number of nitrogens with two attached hydrogens (primary N) is 1. The molecular formula is C23H32N4O4. The number of likely N-dealkylation sites (tertiary alicyclic amines) is 1. The fourth-order valence-electron chi connectivity index (χ4n) is 5.23. The molecular weight excluding hydrogens is 396 g/mol. The van der Waals surface area contributed by atoms with E-state index in [4.69, 9.17) is 20.3 Å². The smallest absolute Gasteiger partial charge is 0.246 e. The van der Waals surface area contributed by atoms with E-state index in [1.54, 1.807) is 19.2 Å². The van der Waals surface area contributed by atoms with Crippen molar-refractivity contribution < 1.29 is 19.1 Å². The average Bonchev–Trinajstić information content (AvgIpc) is 2.79. The van der Waals surface area contributed by atoms with Crippen LogP contribution in [0.3, 0.4) is 0 Å². The number of methoxy groups -OCH3 is 2. The SMILES string of the molecule is COc1ccc(C2=NN(C3CCN(CC(N)=O)CC3)C(=O)[C@@H]3CCCC[C@H]23)cc1OC. The van der Waals surface area contributed by atoms with Crippen molar-refractivity contribution in [3.8, 4) is 11.5 Å². The van der Waals surface area contributed by atoms with E-state index in [1.807, 2.05) is 18.2 Å². The number of hydrogen-bond acceptors (Lipinski definition) is 6. The molecule has 2 N–H and O–H groups in total. The van der Waals surface area contributed by atoms with Crippen LogP contribution in [0.15, 0.2) is 23.3 Å². The van der Waals surface area contributed by atoms with Gasteiger partial charge in [-0.05, 0) is 43.9 Å². The summed E-state index contributed by atoms with van der Waals surface area (Å²) in [6.45, 7) is 1.75. The van der Waals surface area contributed by atoms with Gasteiger partial charge in [-0.25, -0.2) is 5.01 Å². The summed E-state index contributed by atoms with van der Waals surface area (Å²) in [6.07, 6.45) is 5.67. The third-order valence-electron chi connectivity index (χ3n) is 6.84. The minimum absolute atomic E-state index is 0.0157. The third kappa shape index (κ3) is 4.39. The van der Waals surface area contributed by atoms with Crippen LogP contribution in [0.5, 0.6) is 11.5 Å². The number of primary amides is 1. The molecule has 0 unspecified atom stereocenters. The van der Waals surface area contributed by atoms with Gasteiger partial charge in [0, 0.05) is 30.5 Å². The molecule has 168 valence electrons. The lowest BCUT2D eigenvalue weighted by Gasteiger charge is -2.43. The number of amides is 2. The number of nitrogens with zero attached hydrogens (tertiary/aromatic N) is 3. The summed E-state index contributed by atoms with van der Waals surface area (Å²) in [5, 5.41) is 6.70. The van der Waals surface area contributed by atoms with Crippen molar-refractivity contribution in [2.24, 2.45) is 22.7 Å². The van der Waals surface area contributed by atoms with E-state index in [2.05, 4.69) is 4.90 Å². The highest BCUT2D eigenvalue weighted by molar-refractivity contribution is 6.07. The number of hydrazone groups is 1. The second kappa shape index (κ2) is 9.26. The van der Waals surface area contributed by atoms with Crippen molar-refractivity contribution in [3.05, 3.63) is 23.8 Å². The number of rotatable bonds is 6. The molecule has 0 radical (unpaired) electrons. The minimum Gasteiger partial charge on any atom is -0.493 e. The maximum Gasteiger partial charge on any atom is 0.246 e. The van der Waals surface area contributed by atoms with Crippen LogP contribution < -0.4 is 15.2 Å². The second-order valence-corrected chi connectivity index (χ2v) is 8.71. The molecule has 1 aromatic rings. The van der Waals surface area contributed by atoms with E-state index >= 15 is 0 Å². The standard InChI is InChI=1S/C23H32N4O4/c1-30-19-8-7-15(13-20(19)31-2)22-17-5-3-4-6-18(17)23(29)27(25-22)16-9-11-26(12-10-16)14-21(24)28/h7-8,13,16-18H,3-6,9-12,14H2,1-2H3,(H2,24,28)/t17-,18+/m0/s1. The predicted octanol–water partition coefficient (Wildman–Crippen LogP) is 2.01. The predicted molar refractivity (Wildman–Crippen MR) is 117 cm³/mol. The first-order valence-corrected chi connectivity index (χ1v) is 11.2. The number of fused-ring (bicyclic) bond motifs is 1. The van der Waals surface area contributed by atoms with Crippen LogP contribution >= 0.6 is 0 Å². The van der Waals surface area contributed by atoms with Gasteiger partial charge in [0.2, 0.25) is 11.8 Å². The maximum absolute atomic E-state index is 13.4. The normalized spacial score (nSPS) is 25.0. The Morgan fingerprint density at radius 1 is 1.06 bits per heavy atom. The van der Waals surface area contributed by atoms with Crippen molar-refractivity contribution >= 4 is 17.5 Å². The molecule has 1 aliphatic carbocycles. The van der Waals surface area contributed by atoms with E-state index < -0.39 is 0 Å². The summed E-state index contributed by atoms with van der Waals surface area (Å²) in [5.74, 6) is 1.31. The average molecular weight is 429 g/mol. The zero-order chi connectivity index (χ0) is 22.0. The molecule has 8 heteroatoms.